The Morgan fingerprint density at radius 2 is 1.63 bits per heavy atom. The summed E-state index contributed by atoms with van der Waals surface area (Å²) in [5.41, 5.74) is 2.76. The van der Waals surface area contributed by atoms with Gasteiger partial charge in [0.2, 0.25) is 15.9 Å². The minimum absolute atomic E-state index is 0.313. The van der Waals surface area contributed by atoms with Crippen LogP contribution in [0.5, 0.6) is 5.75 Å². The average Bonchev–Trinajstić information content (AvgIpc) is 2.72. The summed E-state index contributed by atoms with van der Waals surface area (Å²) in [5, 5.41) is 2.86. The molecule has 164 valence electrons. The van der Waals surface area contributed by atoms with Gasteiger partial charge in [-0.2, -0.15) is 0 Å². The molecule has 0 unspecified atom stereocenters. The monoisotopic (exact) mass is 432 g/mol. The third-order valence-corrected chi connectivity index (χ3v) is 6.11. The molecule has 0 bridgehead atoms. The molecule has 0 saturated heterocycles. The molecule has 6 nitrogen and oxygen atoms in total. The zero-order chi connectivity index (χ0) is 22.1. The molecular formula is C23H32N2O4S. The minimum Gasteiger partial charge on any atom is -0.494 e. The van der Waals surface area contributed by atoms with Gasteiger partial charge in [0.05, 0.1) is 18.6 Å². The molecule has 1 atom stereocenters. The smallest absolute Gasteiger partial charge is 0.243 e. The number of anilines is 1. The number of hydrogen-bond donors (Lipinski definition) is 1. The Hall–Kier alpha value is -2.54. The quantitative estimate of drug-likeness (QED) is 0.551. The van der Waals surface area contributed by atoms with Crippen LogP contribution in [0.4, 0.5) is 5.69 Å². The van der Waals surface area contributed by atoms with E-state index >= 15 is 0 Å². The summed E-state index contributed by atoms with van der Waals surface area (Å²) in [6, 6.07) is 14.3. The van der Waals surface area contributed by atoms with Crippen LogP contribution in [0, 0.1) is 0 Å². The molecule has 0 aliphatic heterocycles. The van der Waals surface area contributed by atoms with Crippen molar-refractivity contribution in [3.63, 3.8) is 0 Å². The van der Waals surface area contributed by atoms with E-state index in [0.717, 1.165) is 42.4 Å². The Bertz CT molecular complexity index is 909. The van der Waals surface area contributed by atoms with Crippen molar-refractivity contribution in [2.45, 2.75) is 46.1 Å². The third-order valence-electron chi connectivity index (χ3n) is 4.86. The molecule has 0 spiro atoms. The van der Waals surface area contributed by atoms with Crippen LogP contribution in [0.25, 0.3) is 0 Å². The molecule has 0 saturated carbocycles. The molecule has 0 heterocycles. The van der Waals surface area contributed by atoms with Crippen molar-refractivity contribution in [1.29, 1.82) is 0 Å². The van der Waals surface area contributed by atoms with E-state index in [1.54, 1.807) is 19.1 Å². The number of carbonyl (C=O) groups excluding carboxylic acids is 1. The first-order chi connectivity index (χ1) is 14.3. The molecule has 0 aliphatic rings. The maximum atomic E-state index is 12.6. The van der Waals surface area contributed by atoms with Crippen LogP contribution >= 0.6 is 0 Å². The first-order valence-electron chi connectivity index (χ1n) is 10.3. The number of nitrogens with one attached hydrogen (secondary N) is 1. The van der Waals surface area contributed by atoms with Crippen molar-refractivity contribution in [3.05, 3.63) is 59.7 Å². The van der Waals surface area contributed by atoms with Gasteiger partial charge in [0.25, 0.3) is 0 Å². The fourth-order valence-electron chi connectivity index (χ4n) is 3.26. The summed E-state index contributed by atoms with van der Waals surface area (Å²) in [6.45, 7) is 6.70. The minimum atomic E-state index is -3.60. The Kier molecular flexibility index (Phi) is 8.72. The van der Waals surface area contributed by atoms with Crippen LogP contribution in [0.2, 0.25) is 0 Å². The van der Waals surface area contributed by atoms with Crippen LogP contribution in [0.3, 0.4) is 0 Å². The van der Waals surface area contributed by atoms with Gasteiger partial charge in [0.15, 0.2) is 0 Å². The van der Waals surface area contributed by atoms with E-state index in [-0.39, 0.29) is 5.91 Å². The predicted octanol–water partition coefficient (Wildman–Crippen LogP) is 3.55. The van der Waals surface area contributed by atoms with Crippen molar-refractivity contribution >= 4 is 21.6 Å². The topological polar surface area (TPSA) is 75.7 Å². The highest BCUT2D eigenvalue weighted by Gasteiger charge is 2.28. The molecule has 0 aromatic heterocycles. The molecule has 2 aromatic carbocycles. The van der Waals surface area contributed by atoms with E-state index in [0.29, 0.717) is 18.8 Å². The molecule has 0 radical (unpaired) electrons. The number of hydrogen-bond acceptors (Lipinski definition) is 4. The van der Waals surface area contributed by atoms with Crippen LogP contribution in [-0.4, -0.2) is 39.8 Å². The molecule has 7 heteroatoms. The molecule has 30 heavy (non-hydrogen) atoms. The van der Waals surface area contributed by atoms with Gasteiger partial charge in [0.1, 0.15) is 11.8 Å². The first-order valence-corrected chi connectivity index (χ1v) is 12.2. The summed E-state index contributed by atoms with van der Waals surface area (Å²) in [7, 11) is -3.60. The normalized spacial score (nSPS) is 12.3. The first kappa shape index (κ1) is 23.7. The van der Waals surface area contributed by atoms with Gasteiger partial charge in [-0.15, -0.1) is 0 Å². The summed E-state index contributed by atoms with van der Waals surface area (Å²) in [6.07, 6.45) is 3.56. The maximum absolute atomic E-state index is 12.6. The third kappa shape index (κ3) is 6.76. The Morgan fingerprint density at radius 1 is 1.03 bits per heavy atom. The number of ether oxygens (including phenoxy) is 1. The van der Waals surface area contributed by atoms with E-state index in [2.05, 4.69) is 5.32 Å². The number of sulfonamides is 1. The lowest BCUT2D eigenvalue weighted by Gasteiger charge is -2.28. The lowest BCUT2D eigenvalue weighted by molar-refractivity contribution is -0.121. The Balaban J connectivity index is 1.93. The molecule has 2 rings (SSSR count). The molecule has 2 aromatic rings. The average molecular weight is 433 g/mol. The van der Waals surface area contributed by atoms with E-state index in [1.165, 1.54) is 4.31 Å². The second-order valence-corrected chi connectivity index (χ2v) is 9.09. The van der Waals surface area contributed by atoms with E-state index in [4.69, 9.17) is 4.74 Å². The summed E-state index contributed by atoms with van der Waals surface area (Å²) < 4.78 is 31.3. The largest absolute Gasteiger partial charge is 0.494 e. The number of nitrogens with zero attached hydrogens (tertiary/aromatic N) is 1. The van der Waals surface area contributed by atoms with E-state index < -0.39 is 16.1 Å². The predicted molar refractivity (Wildman–Crippen MR) is 122 cm³/mol. The summed E-state index contributed by atoms with van der Waals surface area (Å²) in [5.74, 6) is 0.530. The highest BCUT2D eigenvalue weighted by atomic mass is 32.2. The molecule has 1 amide bonds. The maximum Gasteiger partial charge on any atom is 0.243 e. The SMILES string of the molecule is CCOc1ccc(CCCNC(=O)[C@@H](C)N(c2ccc(CC)cc2)S(C)(=O)=O)cc1. The lowest BCUT2D eigenvalue weighted by atomic mass is 10.1. The van der Waals surface area contributed by atoms with Gasteiger partial charge in [-0.05, 0) is 68.5 Å². The number of benzene rings is 2. The number of aryl methyl sites for hydroxylation is 2. The standard InChI is InChI=1S/C23H32N2O4S/c1-5-19-9-13-21(14-10-19)25(30(4,27)28)18(3)23(26)24-17-7-8-20-11-15-22(16-12-20)29-6-2/h9-16,18H,5-8,17H2,1-4H3,(H,24,26)/t18-/m1/s1. The number of amides is 1. The molecule has 0 fully saturated rings. The summed E-state index contributed by atoms with van der Waals surface area (Å²) in [4.78, 5) is 12.6. The highest BCUT2D eigenvalue weighted by Crippen LogP contribution is 2.21. The van der Waals surface area contributed by atoms with Gasteiger partial charge < -0.3 is 10.1 Å². The Morgan fingerprint density at radius 3 is 2.17 bits per heavy atom. The van der Waals surface area contributed by atoms with Crippen LogP contribution < -0.4 is 14.4 Å². The summed E-state index contributed by atoms with van der Waals surface area (Å²) >= 11 is 0. The van der Waals surface area contributed by atoms with Crippen molar-refractivity contribution in [2.75, 3.05) is 23.7 Å². The highest BCUT2D eigenvalue weighted by molar-refractivity contribution is 7.92. The fourth-order valence-corrected chi connectivity index (χ4v) is 4.43. The second kappa shape index (κ2) is 11.0. The van der Waals surface area contributed by atoms with Crippen LogP contribution in [0.1, 0.15) is 38.3 Å². The van der Waals surface area contributed by atoms with Gasteiger partial charge in [-0.25, -0.2) is 8.42 Å². The molecular weight excluding hydrogens is 400 g/mol. The van der Waals surface area contributed by atoms with Gasteiger partial charge >= 0.3 is 0 Å². The Labute approximate surface area is 180 Å². The lowest BCUT2D eigenvalue weighted by Crippen LogP contribution is -2.48. The van der Waals surface area contributed by atoms with Crippen LogP contribution in [-0.2, 0) is 27.7 Å². The van der Waals surface area contributed by atoms with Gasteiger partial charge in [-0.3, -0.25) is 9.10 Å². The number of rotatable bonds is 11. The fraction of sp³-hybridized carbons (Fsp3) is 0.435. The van der Waals surface area contributed by atoms with Gasteiger partial charge in [-0.1, -0.05) is 31.2 Å². The molecule has 0 aliphatic carbocycles. The van der Waals surface area contributed by atoms with Crippen molar-refractivity contribution in [2.24, 2.45) is 0 Å². The van der Waals surface area contributed by atoms with Gasteiger partial charge in [0, 0.05) is 6.54 Å². The van der Waals surface area contributed by atoms with Crippen molar-refractivity contribution in [1.82, 2.24) is 5.32 Å². The van der Waals surface area contributed by atoms with Crippen LogP contribution in [0.15, 0.2) is 48.5 Å². The second-order valence-electron chi connectivity index (χ2n) is 7.23. The van der Waals surface area contributed by atoms with Crippen molar-refractivity contribution < 1.29 is 17.9 Å². The van der Waals surface area contributed by atoms with Crippen molar-refractivity contribution in [3.8, 4) is 5.75 Å². The number of carbonyl (C=O) groups is 1. The zero-order valence-electron chi connectivity index (χ0n) is 18.2. The zero-order valence-corrected chi connectivity index (χ0v) is 19.0. The van der Waals surface area contributed by atoms with E-state index in [9.17, 15) is 13.2 Å². The van der Waals surface area contributed by atoms with E-state index in [1.807, 2.05) is 50.2 Å². The molecule has 1 N–H and O–H groups in total.